The van der Waals surface area contributed by atoms with Crippen molar-refractivity contribution in [3.05, 3.63) is 47.0 Å². The van der Waals surface area contributed by atoms with Crippen molar-refractivity contribution in [1.29, 1.82) is 0 Å². The van der Waals surface area contributed by atoms with E-state index in [1.54, 1.807) is 0 Å². The normalized spacial score (nSPS) is 25.0. The SMILES string of the molecule is CC1=C(C)C[C@@H]2C(=O)N([C@H](Cc3ccccc3)C(=O)O)C(=O)[C@H]2C1. The fourth-order valence-corrected chi connectivity index (χ4v) is 3.71. The van der Waals surface area contributed by atoms with Gasteiger partial charge in [0, 0.05) is 6.42 Å². The van der Waals surface area contributed by atoms with E-state index in [1.807, 2.05) is 44.2 Å². The molecule has 5 nitrogen and oxygen atoms in total. The number of amides is 2. The first-order chi connectivity index (χ1) is 11.4. The molecule has 0 saturated carbocycles. The van der Waals surface area contributed by atoms with Crippen LogP contribution in [-0.2, 0) is 20.8 Å². The molecule has 1 aliphatic heterocycles. The number of hydrogen-bond acceptors (Lipinski definition) is 3. The molecule has 0 bridgehead atoms. The predicted molar refractivity (Wildman–Crippen MR) is 88.0 cm³/mol. The molecule has 1 fully saturated rings. The van der Waals surface area contributed by atoms with E-state index in [-0.39, 0.29) is 18.2 Å². The number of hydrogen-bond donors (Lipinski definition) is 1. The van der Waals surface area contributed by atoms with Crippen molar-refractivity contribution < 1.29 is 19.5 Å². The van der Waals surface area contributed by atoms with Crippen molar-refractivity contribution in [3.8, 4) is 0 Å². The second-order valence-corrected chi connectivity index (χ2v) is 6.77. The number of carbonyl (C=O) groups is 3. The zero-order chi connectivity index (χ0) is 17.4. The number of imide groups is 1. The molecule has 2 aliphatic rings. The highest BCUT2D eigenvalue weighted by molar-refractivity contribution is 6.08. The van der Waals surface area contributed by atoms with Gasteiger partial charge in [-0.15, -0.1) is 0 Å². The van der Waals surface area contributed by atoms with E-state index in [4.69, 9.17) is 0 Å². The highest BCUT2D eigenvalue weighted by atomic mass is 16.4. The van der Waals surface area contributed by atoms with Gasteiger partial charge in [-0.3, -0.25) is 14.5 Å². The van der Waals surface area contributed by atoms with E-state index in [0.717, 1.165) is 21.6 Å². The van der Waals surface area contributed by atoms with Gasteiger partial charge in [0.05, 0.1) is 11.8 Å². The zero-order valence-corrected chi connectivity index (χ0v) is 13.9. The molecule has 1 aromatic rings. The summed E-state index contributed by atoms with van der Waals surface area (Å²) in [5, 5.41) is 9.61. The summed E-state index contributed by atoms with van der Waals surface area (Å²) in [7, 11) is 0. The number of likely N-dealkylation sites (tertiary alicyclic amines) is 1. The van der Waals surface area contributed by atoms with Gasteiger partial charge in [0.15, 0.2) is 0 Å². The molecular weight excluding hydrogens is 306 g/mol. The third-order valence-electron chi connectivity index (χ3n) is 5.24. The molecule has 1 N–H and O–H groups in total. The molecule has 1 aliphatic carbocycles. The Morgan fingerprint density at radius 2 is 1.58 bits per heavy atom. The van der Waals surface area contributed by atoms with Crippen LogP contribution in [0.1, 0.15) is 32.3 Å². The number of fused-ring (bicyclic) bond motifs is 1. The maximum Gasteiger partial charge on any atom is 0.327 e. The molecule has 0 spiro atoms. The number of carboxylic acids is 1. The second-order valence-electron chi connectivity index (χ2n) is 6.77. The highest BCUT2D eigenvalue weighted by Gasteiger charge is 2.52. The molecule has 5 heteroatoms. The lowest BCUT2D eigenvalue weighted by atomic mass is 9.78. The summed E-state index contributed by atoms with van der Waals surface area (Å²) in [4.78, 5) is 38.3. The third kappa shape index (κ3) is 2.75. The van der Waals surface area contributed by atoms with Crippen LogP contribution in [0.25, 0.3) is 0 Å². The largest absolute Gasteiger partial charge is 0.480 e. The van der Waals surface area contributed by atoms with Crippen molar-refractivity contribution in [3.63, 3.8) is 0 Å². The number of benzene rings is 1. The average molecular weight is 327 g/mol. The molecule has 1 aromatic carbocycles. The molecule has 0 radical (unpaired) electrons. The Balaban J connectivity index is 1.88. The fraction of sp³-hybridized carbons (Fsp3) is 0.421. The molecule has 1 saturated heterocycles. The molecule has 0 unspecified atom stereocenters. The van der Waals surface area contributed by atoms with Crippen LogP contribution in [0, 0.1) is 11.8 Å². The van der Waals surface area contributed by atoms with Crippen LogP contribution in [-0.4, -0.2) is 33.8 Å². The predicted octanol–water partition coefficient (Wildman–Crippen LogP) is 2.41. The van der Waals surface area contributed by atoms with E-state index < -0.39 is 23.8 Å². The topological polar surface area (TPSA) is 74.7 Å². The van der Waals surface area contributed by atoms with Crippen LogP contribution in [0.15, 0.2) is 41.5 Å². The minimum atomic E-state index is -1.14. The first-order valence-electron chi connectivity index (χ1n) is 8.19. The van der Waals surface area contributed by atoms with Crippen LogP contribution >= 0.6 is 0 Å². The summed E-state index contributed by atoms with van der Waals surface area (Å²) in [6, 6.07) is 7.96. The van der Waals surface area contributed by atoms with Gasteiger partial charge in [-0.2, -0.15) is 0 Å². The average Bonchev–Trinajstić information content (AvgIpc) is 2.78. The van der Waals surface area contributed by atoms with Crippen molar-refractivity contribution in [2.45, 2.75) is 39.2 Å². The number of nitrogens with zero attached hydrogens (tertiary/aromatic N) is 1. The summed E-state index contributed by atoms with van der Waals surface area (Å²) in [6.07, 6.45) is 1.24. The molecule has 1 heterocycles. The van der Waals surface area contributed by atoms with Crippen molar-refractivity contribution in [2.24, 2.45) is 11.8 Å². The van der Waals surface area contributed by atoms with Crippen LogP contribution in [0.3, 0.4) is 0 Å². The number of carbonyl (C=O) groups excluding carboxylic acids is 2. The number of rotatable bonds is 4. The molecule has 3 atom stereocenters. The van der Waals surface area contributed by atoms with Crippen LogP contribution in [0.2, 0.25) is 0 Å². The Morgan fingerprint density at radius 3 is 2.04 bits per heavy atom. The van der Waals surface area contributed by atoms with Gasteiger partial charge in [0.1, 0.15) is 6.04 Å². The molecule has 3 rings (SSSR count). The maximum absolute atomic E-state index is 12.8. The lowest BCUT2D eigenvalue weighted by Gasteiger charge is -2.23. The molecule has 0 aromatic heterocycles. The maximum atomic E-state index is 12.8. The second kappa shape index (κ2) is 6.23. The van der Waals surface area contributed by atoms with Gasteiger partial charge in [0.25, 0.3) is 0 Å². The van der Waals surface area contributed by atoms with Crippen molar-refractivity contribution in [1.82, 2.24) is 4.90 Å². The highest BCUT2D eigenvalue weighted by Crippen LogP contribution is 2.41. The van der Waals surface area contributed by atoms with E-state index in [1.165, 1.54) is 0 Å². The molecular formula is C19H21NO4. The van der Waals surface area contributed by atoms with Crippen molar-refractivity contribution in [2.75, 3.05) is 0 Å². The van der Waals surface area contributed by atoms with Crippen LogP contribution < -0.4 is 0 Å². The van der Waals surface area contributed by atoms with Gasteiger partial charge < -0.3 is 5.11 Å². The van der Waals surface area contributed by atoms with Gasteiger partial charge in [-0.05, 0) is 32.3 Å². The minimum Gasteiger partial charge on any atom is -0.480 e. The zero-order valence-electron chi connectivity index (χ0n) is 13.9. The summed E-state index contributed by atoms with van der Waals surface area (Å²) in [5.41, 5.74) is 3.06. The number of carboxylic acid groups (broad SMARTS) is 1. The van der Waals surface area contributed by atoms with E-state index >= 15 is 0 Å². The monoisotopic (exact) mass is 327 g/mol. The summed E-state index contributed by atoms with van der Waals surface area (Å²) < 4.78 is 0. The van der Waals surface area contributed by atoms with E-state index in [9.17, 15) is 19.5 Å². The Bertz CT molecular complexity index is 690. The van der Waals surface area contributed by atoms with Crippen LogP contribution in [0.5, 0.6) is 0 Å². The Morgan fingerprint density at radius 1 is 1.08 bits per heavy atom. The number of aliphatic carboxylic acids is 1. The minimum absolute atomic E-state index is 0.137. The summed E-state index contributed by atoms with van der Waals surface area (Å²) in [5.74, 6) is -2.61. The van der Waals surface area contributed by atoms with E-state index in [2.05, 4.69) is 0 Å². The first kappa shape index (κ1) is 16.4. The van der Waals surface area contributed by atoms with Gasteiger partial charge in [0.2, 0.25) is 11.8 Å². The van der Waals surface area contributed by atoms with E-state index in [0.29, 0.717) is 12.8 Å². The molecule has 2 amide bonds. The first-order valence-corrected chi connectivity index (χ1v) is 8.19. The lowest BCUT2D eigenvalue weighted by Crippen LogP contribution is -2.46. The molecule has 24 heavy (non-hydrogen) atoms. The lowest BCUT2D eigenvalue weighted by molar-refractivity contribution is -0.155. The van der Waals surface area contributed by atoms with Gasteiger partial charge in [-0.1, -0.05) is 41.5 Å². The van der Waals surface area contributed by atoms with Crippen molar-refractivity contribution >= 4 is 17.8 Å². The summed E-state index contributed by atoms with van der Waals surface area (Å²) >= 11 is 0. The standard InChI is InChI=1S/C19H21NO4/c1-11-8-14-15(9-12(11)2)18(22)20(17(14)21)16(19(23)24)10-13-6-4-3-5-7-13/h3-7,14-16H,8-10H2,1-2H3,(H,23,24)/t14-,15-,16+/m0/s1. The van der Waals surface area contributed by atoms with Gasteiger partial charge in [-0.25, -0.2) is 4.79 Å². The molecule has 126 valence electrons. The smallest absolute Gasteiger partial charge is 0.327 e. The number of allylic oxidation sites excluding steroid dienone is 2. The summed E-state index contributed by atoms with van der Waals surface area (Å²) in [6.45, 7) is 3.95. The quantitative estimate of drug-likeness (QED) is 0.681. The Labute approximate surface area is 141 Å². The van der Waals surface area contributed by atoms with Gasteiger partial charge >= 0.3 is 5.97 Å². The fourth-order valence-electron chi connectivity index (χ4n) is 3.71. The Hall–Kier alpha value is -2.43. The Kier molecular flexibility index (Phi) is 4.26. The third-order valence-corrected chi connectivity index (χ3v) is 5.24. The van der Waals surface area contributed by atoms with Crippen LogP contribution in [0.4, 0.5) is 0 Å².